The molecule has 8 heteroatoms. The molecule has 3 amide bonds. The maximum absolute atomic E-state index is 13.1. The number of urea groups is 1. The van der Waals surface area contributed by atoms with Gasteiger partial charge in [-0.3, -0.25) is 4.79 Å². The second-order valence-corrected chi connectivity index (χ2v) is 9.15. The van der Waals surface area contributed by atoms with Gasteiger partial charge in [-0.25, -0.2) is 4.79 Å². The first kappa shape index (κ1) is 25.2. The number of rotatable bonds is 8. The van der Waals surface area contributed by atoms with Crippen molar-refractivity contribution in [1.29, 1.82) is 0 Å². The number of carbonyl (C=O) groups is 2. The van der Waals surface area contributed by atoms with Crippen LogP contribution in [-0.4, -0.2) is 45.8 Å². The lowest BCUT2D eigenvalue weighted by Crippen LogP contribution is -2.35. The molecule has 1 aliphatic rings. The lowest BCUT2D eigenvalue weighted by Gasteiger charge is -2.33. The molecule has 1 fully saturated rings. The summed E-state index contributed by atoms with van der Waals surface area (Å²) >= 11 is 0. The number of piperidine rings is 1. The van der Waals surface area contributed by atoms with Crippen molar-refractivity contribution in [1.82, 2.24) is 5.32 Å². The summed E-state index contributed by atoms with van der Waals surface area (Å²) in [7, 11) is 3.09. The molecule has 0 aromatic heterocycles. The fraction of sp³-hybridized carbons (Fsp3) is 0.462. The first-order chi connectivity index (χ1) is 16.3. The summed E-state index contributed by atoms with van der Waals surface area (Å²) in [6.07, 6.45) is 2.19. The minimum Gasteiger partial charge on any atom is -0.497 e. The van der Waals surface area contributed by atoms with Crippen molar-refractivity contribution < 1.29 is 19.1 Å². The van der Waals surface area contributed by atoms with Gasteiger partial charge in [0.1, 0.15) is 11.5 Å². The first-order valence-electron chi connectivity index (χ1n) is 11.8. The molecule has 1 heterocycles. The zero-order chi connectivity index (χ0) is 24.7. The van der Waals surface area contributed by atoms with Crippen LogP contribution in [-0.2, 0) is 0 Å². The highest BCUT2D eigenvalue weighted by Gasteiger charge is 2.22. The lowest BCUT2D eigenvalue weighted by atomic mass is 9.97. The van der Waals surface area contributed by atoms with Crippen LogP contribution in [0.4, 0.5) is 21.9 Å². The molecule has 8 nitrogen and oxygen atoms in total. The lowest BCUT2D eigenvalue weighted by molar-refractivity contribution is 0.0949. The molecule has 2 aromatic carbocycles. The van der Waals surface area contributed by atoms with E-state index in [4.69, 9.17) is 9.47 Å². The predicted molar refractivity (Wildman–Crippen MR) is 136 cm³/mol. The van der Waals surface area contributed by atoms with Crippen molar-refractivity contribution in [3.63, 3.8) is 0 Å². The maximum atomic E-state index is 13.1. The second kappa shape index (κ2) is 11.6. The summed E-state index contributed by atoms with van der Waals surface area (Å²) in [5.74, 6) is 2.01. The molecular weight excluding hydrogens is 432 g/mol. The summed E-state index contributed by atoms with van der Waals surface area (Å²) < 4.78 is 10.5. The number of benzene rings is 2. The third-order valence-corrected chi connectivity index (χ3v) is 5.95. The normalized spacial score (nSPS) is 14.0. The number of methoxy groups -OCH3 is 2. The van der Waals surface area contributed by atoms with Crippen molar-refractivity contribution in [3.8, 4) is 11.5 Å². The SMILES string of the molecule is COc1ccc(NC(=O)Nc2ccc(N3CCC(C)CC3)c(C(=O)NCC(C)C)c2)c(OC)c1. The third-order valence-electron chi connectivity index (χ3n) is 5.95. The maximum Gasteiger partial charge on any atom is 0.323 e. The Labute approximate surface area is 202 Å². The Bertz CT molecular complexity index is 1000. The number of carbonyl (C=O) groups excluding carboxylic acids is 2. The fourth-order valence-electron chi connectivity index (χ4n) is 3.90. The number of ether oxygens (including phenoxy) is 2. The number of hydrogen-bond donors (Lipinski definition) is 3. The van der Waals surface area contributed by atoms with E-state index >= 15 is 0 Å². The van der Waals surface area contributed by atoms with Gasteiger partial charge < -0.3 is 30.3 Å². The number of amides is 3. The van der Waals surface area contributed by atoms with E-state index in [-0.39, 0.29) is 5.91 Å². The molecule has 0 unspecified atom stereocenters. The van der Waals surface area contributed by atoms with Crippen LogP contribution in [0.1, 0.15) is 44.0 Å². The van der Waals surface area contributed by atoms with Crippen LogP contribution < -0.4 is 30.3 Å². The fourth-order valence-corrected chi connectivity index (χ4v) is 3.90. The van der Waals surface area contributed by atoms with Crippen LogP contribution in [0.15, 0.2) is 36.4 Å². The van der Waals surface area contributed by atoms with Crippen LogP contribution in [0.3, 0.4) is 0 Å². The Balaban J connectivity index is 1.79. The van der Waals surface area contributed by atoms with E-state index in [0.29, 0.717) is 46.8 Å². The van der Waals surface area contributed by atoms with E-state index in [1.54, 1.807) is 31.4 Å². The largest absolute Gasteiger partial charge is 0.497 e. The summed E-state index contributed by atoms with van der Waals surface area (Å²) in [6.45, 7) is 8.79. The van der Waals surface area contributed by atoms with Gasteiger partial charge in [0.2, 0.25) is 0 Å². The van der Waals surface area contributed by atoms with E-state index in [1.807, 2.05) is 12.1 Å². The van der Waals surface area contributed by atoms with Crippen LogP contribution >= 0.6 is 0 Å². The Morgan fingerprint density at radius 2 is 1.76 bits per heavy atom. The van der Waals surface area contributed by atoms with Crippen LogP contribution in [0.2, 0.25) is 0 Å². The Hall–Kier alpha value is -3.42. The minimum absolute atomic E-state index is 0.136. The van der Waals surface area contributed by atoms with E-state index in [0.717, 1.165) is 31.6 Å². The molecule has 34 heavy (non-hydrogen) atoms. The summed E-state index contributed by atoms with van der Waals surface area (Å²) in [6, 6.07) is 10.2. The highest BCUT2D eigenvalue weighted by molar-refractivity contribution is 6.04. The molecule has 3 rings (SSSR count). The first-order valence-corrected chi connectivity index (χ1v) is 11.8. The van der Waals surface area contributed by atoms with Gasteiger partial charge in [-0.2, -0.15) is 0 Å². The monoisotopic (exact) mass is 468 g/mol. The molecular formula is C26H36N4O4. The smallest absolute Gasteiger partial charge is 0.323 e. The van der Waals surface area contributed by atoms with Gasteiger partial charge in [0.15, 0.2) is 0 Å². The molecule has 2 aromatic rings. The third kappa shape index (κ3) is 6.56. The van der Waals surface area contributed by atoms with Crippen molar-refractivity contribution in [2.24, 2.45) is 11.8 Å². The average molecular weight is 469 g/mol. The van der Waals surface area contributed by atoms with Gasteiger partial charge in [0, 0.05) is 37.1 Å². The summed E-state index contributed by atoms with van der Waals surface area (Å²) in [5.41, 5.74) is 2.51. The van der Waals surface area contributed by atoms with Gasteiger partial charge in [-0.1, -0.05) is 20.8 Å². The van der Waals surface area contributed by atoms with Crippen molar-refractivity contribution >= 4 is 29.0 Å². The summed E-state index contributed by atoms with van der Waals surface area (Å²) in [5, 5.41) is 8.63. The number of nitrogens with zero attached hydrogens (tertiary/aromatic N) is 1. The quantitative estimate of drug-likeness (QED) is 0.509. The standard InChI is InChI=1S/C26H36N4O4/c1-17(2)16-27-25(31)21-14-19(6-9-23(21)30-12-10-18(3)11-13-30)28-26(32)29-22-8-7-20(33-4)15-24(22)34-5/h6-9,14-15,17-18H,10-13,16H2,1-5H3,(H,27,31)(H2,28,29,32). The van der Waals surface area contributed by atoms with Gasteiger partial charge >= 0.3 is 6.03 Å². The zero-order valence-electron chi connectivity index (χ0n) is 20.7. The number of anilines is 3. The average Bonchev–Trinajstić information content (AvgIpc) is 2.83. The molecule has 0 bridgehead atoms. The number of nitrogens with one attached hydrogen (secondary N) is 3. The van der Waals surface area contributed by atoms with Gasteiger partial charge in [0.25, 0.3) is 5.91 Å². The topological polar surface area (TPSA) is 91.9 Å². The molecule has 0 saturated carbocycles. The van der Waals surface area contributed by atoms with Crippen LogP contribution in [0, 0.1) is 11.8 Å². The second-order valence-electron chi connectivity index (χ2n) is 9.15. The molecule has 1 saturated heterocycles. The molecule has 0 atom stereocenters. The molecule has 1 aliphatic heterocycles. The highest BCUT2D eigenvalue weighted by atomic mass is 16.5. The summed E-state index contributed by atoms with van der Waals surface area (Å²) in [4.78, 5) is 28.0. The highest BCUT2D eigenvalue weighted by Crippen LogP contribution is 2.31. The Morgan fingerprint density at radius 1 is 1.03 bits per heavy atom. The molecule has 184 valence electrons. The van der Waals surface area contributed by atoms with E-state index < -0.39 is 6.03 Å². The van der Waals surface area contributed by atoms with E-state index in [1.165, 1.54) is 7.11 Å². The molecule has 0 spiro atoms. The number of hydrogen-bond acceptors (Lipinski definition) is 5. The van der Waals surface area contributed by atoms with Crippen molar-refractivity contribution in [2.75, 3.05) is 49.4 Å². The van der Waals surface area contributed by atoms with Crippen molar-refractivity contribution in [3.05, 3.63) is 42.0 Å². The molecule has 3 N–H and O–H groups in total. The van der Waals surface area contributed by atoms with E-state index in [9.17, 15) is 9.59 Å². The van der Waals surface area contributed by atoms with Gasteiger partial charge in [-0.15, -0.1) is 0 Å². The Morgan fingerprint density at radius 3 is 2.41 bits per heavy atom. The van der Waals surface area contributed by atoms with Gasteiger partial charge in [0.05, 0.1) is 25.5 Å². The zero-order valence-corrected chi connectivity index (χ0v) is 20.7. The van der Waals surface area contributed by atoms with Gasteiger partial charge in [-0.05, 0) is 55.0 Å². The minimum atomic E-state index is -0.434. The van der Waals surface area contributed by atoms with Crippen LogP contribution in [0.25, 0.3) is 0 Å². The van der Waals surface area contributed by atoms with E-state index in [2.05, 4.69) is 41.6 Å². The molecule has 0 radical (unpaired) electrons. The Kier molecular flexibility index (Phi) is 8.62. The van der Waals surface area contributed by atoms with Crippen LogP contribution in [0.5, 0.6) is 11.5 Å². The molecule has 0 aliphatic carbocycles. The predicted octanol–water partition coefficient (Wildman–Crippen LogP) is 4.97. The van der Waals surface area contributed by atoms with Crippen molar-refractivity contribution in [2.45, 2.75) is 33.6 Å².